The van der Waals surface area contributed by atoms with E-state index in [0.29, 0.717) is 6.20 Å². The van der Waals surface area contributed by atoms with Crippen LogP contribution < -0.4 is 0 Å². The van der Waals surface area contributed by atoms with Crippen LogP contribution in [0.1, 0.15) is 28.0 Å². The number of pyridine rings is 1. The second-order valence-electron chi connectivity index (χ2n) is 3.07. The first kappa shape index (κ1) is 12.9. The maximum Gasteiger partial charge on any atom is 0.340 e. The van der Waals surface area contributed by atoms with Crippen LogP contribution in [0, 0.1) is 17.0 Å². The molecule has 1 aromatic rings. The molecule has 92 valence electrons. The van der Waals surface area contributed by atoms with Gasteiger partial charge in [0, 0.05) is 0 Å². The molecule has 8 heteroatoms. The fourth-order valence-electron chi connectivity index (χ4n) is 1.34. The quantitative estimate of drug-likeness (QED) is 0.463. The number of hydrogen-bond acceptors (Lipinski definition) is 5. The summed E-state index contributed by atoms with van der Waals surface area (Å²) in [6, 6.07) is 0. The largest absolute Gasteiger partial charge is 0.465 e. The van der Waals surface area contributed by atoms with E-state index in [1.807, 2.05) is 0 Å². The summed E-state index contributed by atoms with van der Waals surface area (Å²) in [5.41, 5.74) is -2.46. The van der Waals surface area contributed by atoms with Crippen molar-refractivity contribution in [2.75, 3.05) is 7.11 Å². The first-order valence-corrected chi connectivity index (χ1v) is 4.40. The van der Waals surface area contributed by atoms with Crippen LogP contribution in [0.2, 0.25) is 0 Å². The zero-order valence-corrected chi connectivity index (χ0v) is 8.94. The van der Waals surface area contributed by atoms with E-state index in [1.54, 1.807) is 0 Å². The van der Waals surface area contributed by atoms with E-state index in [9.17, 15) is 23.7 Å². The highest BCUT2D eigenvalue weighted by molar-refractivity contribution is 5.93. The van der Waals surface area contributed by atoms with Gasteiger partial charge in [-0.3, -0.25) is 15.1 Å². The number of halogens is 2. The molecule has 0 saturated carbocycles. The molecule has 0 aromatic carbocycles. The van der Waals surface area contributed by atoms with Crippen LogP contribution >= 0.6 is 0 Å². The van der Waals surface area contributed by atoms with E-state index in [4.69, 9.17) is 0 Å². The third-order valence-electron chi connectivity index (χ3n) is 2.09. The SMILES string of the molecule is COC(=O)c1c(C)ncc([N+](=O)[O-])c1C(F)F. The van der Waals surface area contributed by atoms with Crippen LogP contribution in [-0.2, 0) is 4.74 Å². The lowest BCUT2D eigenvalue weighted by Crippen LogP contribution is -2.12. The zero-order valence-electron chi connectivity index (χ0n) is 8.94. The number of alkyl halides is 2. The van der Waals surface area contributed by atoms with Crippen molar-refractivity contribution in [1.82, 2.24) is 4.98 Å². The van der Waals surface area contributed by atoms with Gasteiger partial charge in [0.25, 0.3) is 12.1 Å². The van der Waals surface area contributed by atoms with Gasteiger partial charge in [-0.05, 0) is 6.92 Å². The minimum Gasteiger partial charge on any atom is -0.465 e. The van der Waals surface area contributed by atoms with Crippen molar-refractivity contribution in [3.05, 3.63) is 33.1 Å². The van der Waals surface area contributed by atoms with Gasteiger partial charge in [0.15, 0.2) is 0 Å². The van der Waals surface area contributed by atoms with E-state index < -0.39 is 34.1 Å². The Morgan fingerprint density at radius 3 is 2.59 bits per heavy atom. The normalized spacial score (nSPS) is 10.4. The second kappa shape index (κ2) is 4.81. The van der Waals surface area contributed by atoms with Gasteiger partial charge >= 0.3 is 5.97 Å². The van der Waals surface area contributed by atoms with Gasteiger partial charge in [-0.25, -0.2) is 13.6 Å². The molecule has 0 atom stereocenters. The number of nitro groups is 1. The van der Waals surface area contributed by atoms with Crippen LogP contribution in [0.15, 0.2) is 6.20 Å². The van der Waals surface area contributed by atoms with Gasteiger partial charge in [0.1, 0.15) is 11.8 Å². The summed E-state index contributed by atoms with van der Waals surface area (Å²) in [6.07, 6.45) is -2.46. The number of rotatable bonds is 3. The number of hydrogen-bond donors (Lipinski definition) is 0. The molecule has 0 N–H and O–H groups in total. The highest BCUT2D eigenvalue weighted by Crippen LogP contribution is 2.33. The summed E-state index contributed by atoms with van der Waals surface area (Å²) in [6.45, 7) is 1.29. The molecule has 0 aliphatic carbocycles. The van der Waals surface area contributed by atoms with Crippen LogP contribution in [0.5, 0.6) is 0 Å². The Hall–Kier alpha value is -2.12. The Balaban J connectivity index is 3.60. The van der Waals surface area contributed by atoms with Gasteiger partial charge in [0.2, 0.25) is 0 Å². The lowest BCUT2D eigenvalue weighted by Gasteiger charge is -2.09. The molecule has 0 aliphatic rings. The molecule has 1 aromatic heterocycles. The smallest absolute Gasteiger partial charge is 0.340 e. The third-order valence-corrected chi connectivity index (χ3v) is 2.09. The third kappa shape index (κ3) is 2.35. The number of aryl methyl sites for hydroxylation is 1. The second-order valence-corrected chi connectivity index (χ2v) is 3.07. The topological polar surface area (TPSA) is 82.3 Å². The van der Waals surface area contributed by atoms with Crippen molar-refractivity contribution in [2.24, 2.45) is 0 Å². The van der Waals surface area contributed by atoms with Crippen LogP contribution in [0.3, 0.4) is 0 Å². The van der Waals surface area contributed by atoms with E-state index in [2.05, 4.69) is 9.72 Å². The molecule has 0 bridgehead atoms. The number of nitrogens with zero attached hydrogens (tertiary/aromatic N) is 2. The number of carbonyl (C=O) groups excluding carboxylic acids is 1. The Labute approximate surface area is 94.4 Å². The molecule has 0 spiro atoms. The van der Waals surface area contributed by atoms with Gasteiger partial charge < -0.3 is 4.74 Å². The van der Waals surface area contributed by atoms with Crippen molar-refractivity contribution in [2.45, 2.75) is 13.3 Å². The standard InChI is InChI=1S/C9H8F2N2O4/c1-4-6(9(14)17-2)7(8(10)11)5(3-12-4)13(15)16/h3,8H,1-2H3. The Morgan fingerprint density at radius 1 is 1.59 bits per heavy atom. The Bertz CT molecular complexity index is 476. The van der Waals surface area contributed by atoms with Gasteiger partial charge in [0.05, 0.1) is 23.3 Å². The van der Waals surface area contributed by atoms with Crippen molar-refractivity contribution >= 4 is 11.7 Å². The maximum absolute atomic E-state index is 12.8. The average molecular weight is 246 g/mol. The van der Waals surface area contributed by atoms with E-state index >= 15 is 0 Å². The summed E-state index contributed by atoms with van der Waals surface area (Å²) >= 11 is 0. The monoisotopic (exact) mass is 246 g/mol. The fraction of sp³-hybridized carbons (Fsp3) is 0.333. The highest BCUT2D eigenvalue weighted by Gasteiger charge is 2.31. The summed E-state index contributed by atoms with van der Waals surface area (Å²) < 4.78 is 29.9. The molecule has 17 heavy (non-hydrogen) atoms. The van der Waals surface area contributed by atoms with Gasteiger partial charge in [-0.1, -0.05) is 0 Å². The summed E-state index contributed by atoms with van der Waals surface area (Å²) in [4.78, 5) is 24.4. The molecule has 1 rings (SSSR count). The van der Waals surface area contributed by atoms with Crippen molar-refractivity contribution in [3.8, 4) is 0 Å². The lowest BCUT2D eigenvalue weighted by atomic mass is 10.1. The minimum atomic E-state index is -3.16. The molecule has 0 unspecified atom stereocenters. The first-order chi connectivity index (χ1) is 7.90. The molecule has 0 fully saturated rings. The predicted molar refractivity (Wildman–Crippen MR) is 51.9 cm³/mol. The van der Waals surface area contributed by atoms with Gasteiger partial charge in [-0.2, -0.15) is 0 Å². The fourth-order valence-corrected chi connectivity index (χ4v) is 1.34. The highest BCUT2D eigenvalue weighted by atomic mass is 19.3. The lowest BCUT2D eigenvalue weighted by molar-refractivity contribution is -0.386. The molecular weight excluding hydrogens is 238 g/mol. The molecule has 0 amide bonds. The number of carbonyl (C=O) groups is 1. The minimum absolute atomic E-state index is 0.0437. The van der Waals surface area contributed by atoms with Gasteiger partial charge in [-0.15, -0.1) is 0 Å². The molecule has 0 aliphatic heterocycles. The van der Waals surface area contributed by atoms with E-state index in [1.165, 1.54) is 6.92 Å². The first-order valence-electron chi connectivity index (χ1n) is 4.40. The Morgan fingerprint density at radius 2 is 2.18 bits per heavy atom. The summed E-state index contributed by atoms with van der Waals surface area (Å²) in [7, 11) is 0.996. The number of aromatic nitrogens is 1. The molecule has 6 nitrogen and oxygen atoms in total. The van der Waals surface area contributed by atoms with Crippen molar-refractivity contribution in [1.29, 1.82) is 0 Å². The van der Waals surface area contributed by atoms with Crippen LogP contribution in [-0.4, -0.2) is 23.0 Å². The maximum atomic E-state index is 12.8. The van der Waals surface area contributed by atoms with Crippen molar-refractivity contribution in [3.63, 3.8) is 0 Å². The molecular formula is C9H8F2N2O4. The zero-order chi connectivity index (χ0) is 13.2. The van der Waals surface area contributed by atoms with E-state index in [-0.39, 0.29) is 5.69 Å². The summed E-state index contributed by atoms with van der Waals surface area (Å²) in [5, 5.41) is 10.6. The molecule has 0 saturated heterocycles. The summed E-state index contributed by atoms with van der Waals surface area (Å²) in [5.74, 6) is -1.08. The van der Waals surface area contributed by atoms with Crippen LogP contribution in [0.4, 0.5) is 14.5 Å². The molecule has 1 heterocycles. The number of ether oxygens (including phenoxy) is 1. The predicted octanol–water partition coefficient (Wildman–Crippen LogP) is 2.02. The number of esters is 1. The van der Waals surface area contributed by atoms with E-state index in [0.717, 1.165) is 7.11 Å². The average Bonchev–Trinajstić information content (AvgIpc) is 2.26. The number of methoxy groups -OCH3 is 1. The molecule has 0 radical (unpaired) electrons. The van der Waals surface area contributed by atoms with Crippen molar-refractivity contribution < 1.29 is 23.2 Å². The van der Waals surface area contributed by atoms with Crippen LogP contribution in [0.25, 0.3) is 0 Å². The Kier molecular flexibility index (Phi) is 3.66.